The van der Waals surface area contributed by atoms with Gasteiger partial charge >= 0.3 is 0 Å². The topological polar surface area (TPSA) is 32.7 Å². The van der Waals surface area contributed by atoms with Crippen LogP contribution in [-0.2, 0) is 4.74 Å². The predicted octanol–water partition coefficient (Wildman–Crippen LogP) is 1.96. The van der Waals surface area contributed by atoms with Crippen LogP contribution in [0.1, 0.15) is 25.5 Å². The lowest BCUT2D eigenvalue weighted by Gasteiger charge is -2.34. The zero-order valence-corrected chi connectivity index (χ0v) is 9.89. The van der Waals surface area contributed by atoms with Gasteiger partial charge < -0.3 is 14.7 Å². The van der Waals surface area contributed by atoms with Gasteiger partial charge in [-0.1, -0.05) is 18.2 Å². The molecule has 1 aliphatic heterocycles. The molecule has 1 aromatic carbocycles. The van der Waals surface area contributed by atoms with E-state index in [1.54, 1.807) is 0 Å². The fourth-order valence-corrected chi connectivity index (χ4v) is 2.17. The van der Waals surface area contributed by atoms with E-state index in [1.165, 1.54) is 0 Å². The first-order chi connectivity index (χ1) is 7.68. The van der Waals surface area contributed by atoms with Gasteiger partial charge in [0.15, 0.2) is 0 Å². The maximum absolute atomic E-state index is 9.74. The Bertz CT molecular complexity index is 352. The standard InChI is InChI=1S/C13H19NO2/c1-10-9-14(7-8-16-10)13-6-4-3-5-12(13)11(2)15/h3-6,10-11,15H,7-9H2,1-2H3. The minimum atomic E-state index is -0.422. The number of ether oxygens (including phenoxy) is 1. The minimum absolute atomic E-state index is 0.260. The maximum Gasteiger partial charge on any atom is 0.0781 e. The van der Waals surface area contributed by atoms with Gasteiger partial charge in [-0.3, -0.25) is 0 Å². The Morgan fingerprint density at radius 1 is 1.44 bits per heavy atom. The molecule has 2 rings (SSSR count). The summed E-state index contributed by atoms with van der Waals surface area (Å²) in [7, 11) is 0. The van der Waals surface area contributed by atoms with Crippen LogP contribution in [0, 0.1) is 0 Å². The van der Waals surface area contributed by atoms with Crippen LogP contribution in [0.5, 0.6) is 0 Å². The molecule has 0 bridgehead atoms. The van der Waals surface area contributed by atoms with Gasteiger partial charge in [0, 0.05) is 24.3 Å². The number of aliphatic hydroxyl groups is 1. The van der Waals surface area contributed by atoms with Crippen LogP contribution in [0.4, 0.5) is 5.69 Å². The number of rotatable bonds is 2. The van der Waals surface area contributed by atoms with Gasteiger partial charge in [-0.25, -0.2) is 0 Å². The minimum Gasteiger partial charge on any atom is -0.389 e. The molecule has 0 saturated carbocycles. The molecular weight excluding hydrogens is 202 g/mol. The Hall–Kier alpha value is -1.06. The van der Waals surface area contributed by atoms with E-state index in [-0.39, 0.29) is 6.10 Å². The second-order valence-electron chi connectivity index (χ2n) is 4.36. The second kappa shape index (κ2) is 4.85. The fraction of sp³-hybridized carbons (Fsp3) is 0.538. The number of nitrogens with zero attached hydrogens (tertiary/aromatic N) is 1. The molecule has 1 N–H and O–H groups in total. The molecule has 2 atom stereocenters. The van der Waals surface area contributed by atoms with Crippen LogP contribution in [0.2, 0.25) is 0 Å². The summed E-state index contributed by atoms with van der Waals surface area (Å²) in [6.45, 7) is 6.44. The van der Waals surface area contributed by atoms with Crippen molar-refractivity contribution in [3.63, 3.8) is 0 Å². The number of hydrogen-bond acceptors (Lipinski definition) is 3. The number of benzene rings is 1. The van der Waals surface area contributed by atoms with Crippen LogP contribution < -0.4 is 4.90 Å². The lowest BCUT2D eigenvalue weighted by molar-refractivity contribution is 0.0529. The SMILES string of the molecule is CC1CN(c2ccccc2C(C)O)CCO1. The number of hydrogen-bond donors (Lipinski definition) is 1. The highest BCUT2D eigenvalue weighted by Gasteiger charge is 2.20. The first kappa shape index (κ1) is 11.4. The van der Waals surface area contributed by atoms with Crippen LogP contribution >= 0.6 is 0 Å². The zero-order valence-electron chi connectivity index (χ0n) is 9.89. The molecule has 0 radical (unpaired) electrons. The molecule has 1 fully saturated rings. The number of morpholine rings is 1. The molecule has 1 heterocycles. The molecule has 0 spiro atoms. The van der Waals surface area contributed by atoms with E-state index in [9.17, 15) is 5.11 Å². The highest BCUT2D eigenvalue weighted by atomic mass is 16.5. The lowest BCUT2D eigenvalue weighted by Crippen LogP contribution is -2.41. The summed E-state index contributed by atoms with van der Waals surface area (Å²) < 4.78 is 5.53. The molecule has 16 heavy (non-hydrogen) atoms. The van der Waals surface area contributed by atoms with Crippen molar-refractivity contribution in [1.82, 2.24) is 0 Å². The van der Waals surface area contributed by atoms with Gasteiger partial charge in [0.2, 0.25) is 0 Å². The summed E-state index contributed by atoms with van der Waals surface area (Å²) in [5, 5.41) is 9.74. The van der Waals surface area contributed by atoms with Crippen molar-refractivity contribution in [2.45, 2.75) is 26.1 Å². The Morgan fingerprint density at radius 2 is 2.19 bits per heavy atom. The average molecular weight is 221 g/mol. The van der Waals surface area contributed by atoms with Gasteiger partial charge in [-0.2, -0.15) is 0 Å². The predicted molar refractivity (Wildman–Crippen MR) is 64.7 cm³/mol. The molecule has 3 heteroatoms. The van der Waals surface area contributed by atoms with Crippen LogP contribution in [0.25, 0.3) is 0 Å². The third kappa shape index (κ3) is 2.36. The van der Waals surface area contributed by atoms with E-state index in [4.69, 9.17) is 4.74 Å². The van der Waals surface area contributed by atoms with Crippen molar-refractivity contribution in [2.24, 2.45) is 0 Å². The van der Waals surface area contributed by atoms with Gasteiger partial charge in [0.1, 0.15) is 0 Å². The van der Waals surface area contributed by atoms with Gasteiger partial charge in [-0.05, 0) is 19.9 Å². The van der Waals surface area contributed by atoms with Crippen molar-refractivity contribution in [2.75, 3.05) is 24.6 Å². The Kier molecular flexibility index (Phi) is 3.46. The molecule has 1 aromatic rings. The summed E-state index contributed by atoms with van der Waals surface area (Å²) in [4.78, 5) is 2.29. The van der Waals surface area contributed by atoms with Gasteiger partial charge in [0.25, 0.3) is 0 Å². The normalized spacial score (nSPS) is 23.2. The smallest absolute Gasteiger partial charge is 0.0781 e. The molecule has 3 nitrogen and oxygen atoms in total. The summed E-state index contributed by atoms with van der Waals surface area (Å²) in [5.41, 5.74) is 2.13. The largest absolute Gasteiger partial charge is 0.389 e. The van der Waals surface area contributed by atoms with Crippen molar-refractivity contribution < 1.29 is 9.84 Å². The molecule has 0 amide bonds. The van der Waals surface area contributed by atoms with Gasteiger partial charge in [0.05, 0.1) is 18.8 Å². The van der Waals surface area contributed by atoms with Crippen LogP contribution in [0.3, 0.4) is 0 Å². The molecular formula is C13H19NO2. The van der Waals surface area contributed by atoms with Crippen LogP contribution in [-0.4, -0.2) is 30.9 Å². The second-order valence-corrected chi connectivity index (χ2v) is 4.36. The van der Waals surface area contributed by atoms with E-state index < -0.39 is 6.10 Å². The Balaban J connectivity index is 2.25. The number of anilines is 1. The zero-order chi connectivity index (χ0) is 11.5. The van der Waals surface area contributed by atoms with E-state index in [2.05, 4.69) is 17.9 Å². The van der Waals surface area contributed by atoms with Crippen molar-refractivity contribution >= 4 is 5.69 Å². The summed E-state index contributed by atoms with van der Waals surface area (Å²) in [6.07, 6.45) is -0.162. The highest BCUT2D eigenvalue weighted by molar-refractivity contribution is 5.54. The summed E-state index contributed by atoms with van der Waals surface area (Å²) in [5.74, 6) is 0. The molecule has 1 aliphatic rings. The van der Waals surface area contributed by atoms with Crippen molar-refractivity contribution in [3.05, 3.63) is 29.8 Å². The maximum atomic E-state index is 9.74. The molecule has 0 aromatic heterocycles. The fourth-order valence-electron chi connectivity index (χ4n) is 2.17. The first-order valence-electron chi connectivity index (χ1n) is 5.82. The first-order valence-corrected chi connectivity index (χ1v) is 5.82. The lowest BCUT2D eigenvalue weighted by atomic mass is 10.1. The Morgan fingerprint density at radius 3 is 2.88 bits per heavy atom. The number of para-hydroxylation sites is 1. The van der Waals surface area contributed by atoms with Gasteiger partial charge in [-0.15, -0.1) is 0 Å². The summed E-state index contributed by atoms with van der Waals surface area (Å²) in [6, 6.07) is 8.04. The van der Waals surface area contributed by atoms with Crippen LogP contribution in [0.15, 0.2) is 24.3 Å². The monoisotopic (exact) mass is 221 g/mol. The highest BCUT2D eigenvalue weighted by Crippen LogP contribution is 2.27. The van der Waals surface area contributed by atoms with Crippen molar-refractivity contribution in [3.8, 4) is 0 Å². The molecule has 1 saturated heterocycles. The van der Waals surface area contributed by atoms with E-state index in [0.29, 0.717) is 0 Å². The summed E-state index contributed by atoms with van der Waals surface area (Å²) >= 11 is 0. The quantitative estimate of drug-likeness (QED) is 0.828. The van der Waals surface area contributed by atoms with Crippen molar-refractivity contribution in [1.29, 1.82) is 0 Å². The molecule has 2 unspecified atom stereocenters. The third-order valence-corrected chi connectivity index (χ3v) is 2.97. The van der Waals surface area contributed by atoms with E-state index in [0.717, 1.165) is 30.9 Å². The molecule has 0 aliphatic carbocycles. The number of aliphatic hydroxyl groups excluding tert-OH is 1. The third-order valence-electron chi connectivity index (χ3n) is 2.97. The molecule has 88 valence electrons. The van der Waals surface area contributed by atoms with E-state index >= 15 is 0 Å². The Labute approximate surface area is 96.6 Å². The average Bonchev–Trinajstić information content (AvgIpc) is 2.29. The van der Waals surface area contributed by atoms with E-state index in [1.807, 2.05) is 25.1 Å².